The molecule has 1 saturated carbocycles. The Balaban J connectivity index is 1.37. The molecule has 0 aromatic carbocycles. The van der Waals surface area contributed by atoms with Crippen LogP contribution in [-0.4, -0.2) is 34.4 Å². The number of fused-ring (bicyclic) bond motifs is 1. The largest absolute Gasteiger partial charge is 0.472 e. The van der Waals surface area contributed by atoms with Gasteiger partial charge in [0.05, 0.1) is 24.1 Å². The molecule has 7 nitrogen and oxygen atoms in total. The van der Waals surface area contributed by atoms with Gasteiger partial charge in [-0.15, -0.1) is 0 Å². The highest BCUT2D eigenvalue weighted by atomic mass is 32.1. The molecule has 138 valence electrons. The van der Waals surface area contributed by atoms with Crippen molar-refractivity contribution >= 4 is 28.4 Å². The van der Waals surface area contributed by atoms with Crippen LogP contribution in [-0.2, 0) is 13.0 Å². The van der Waals surface area contributed by atoms with E-state index in [1.165, 1.54) is 43.1 Å². The van der Waals surface area contributed by atoms with E-state index in [0.29, 0.717) is 36.2 Å². The van der Waals surface area contributed by atoms with Gasteiger partial charge in [-0.2, -0.15) is 0 Å². The Bertz CT molecular complexity index is 780. The standard InChI is InChI=1S/C18H22N4O3S/c23-16(12-7-9-25-11-12)21-17-20-14-6-8-22(10-15(14)26-17)18(24)19-13-4-2-1-3-5-13/h7,9,11,13H,1-6,8,10H2,(H,19,24)(H,20,21,23). The van der Waals surface area contributed by atoms with Crippen molar-refractivity contribution in [2.45, 2.75) is 51.1 Å². The zero-order valence-corrected chi connectivity index (χ0v) is 15.3. The second-order valence-corrected chi connectivity index (χ2v) is 7.89. The summed E-state index contributed by atoms with van der Waals surface area (Å²) in [6, 6.07) is 1.93. The van der Waals surface area contributed by atoms with Crippen LogP contribution in [0.3, 0.4) is 0 Å². The molecule has 2 aromatic heterocycles. The number of carbonyl (C=O) groups excluding carboxylic acids is 2. The van der Waals surface area contributed by atoms with Crippen LogP contribution in [0.1, 0.15) is 53.0 Å². The summed E-state index contributed by atoms with van der Waals surface area (Å²) in [5.41, 5.74) is 1.44. The van der Waals surface area contributed by atoms with Gasteiger partial charge in [-0.05, 0) is 18.9 Å². The molecule has 8 heteroatoms. The Morgan fingerprint density at radius 3 is 2.88 bits per heavy atom. The van der Waals surface area contributed by atoms with Gasteiger partial charge in [-0.3, -0.25) is 10.1 Å². The number of nitrogens with zero attached hydrogens (tertiary/aromatic N) is 2. The zero-order chi connectivity index (χ0) is 17.9. The first-order valence-electron chi connectivity index (χ1n) is 9.06. The van der Waals surface area contributed by atoms with Gasteiger partial charge in [0.15, 0.2) is 5.13 Å². The number of thiazole rings is 1. The maximum Gasteiger partial charge on any atom is 0.317 e. The molecule has 2 N–H and O–H groups in total. The summed E-state index contributed by atoms with van der Waals surface area (Å²) in [6.07, 6.45) is 9.41. The fourth-order valence-corrected chi connectivity index (χ4v) is 4.52. The number of carbonyl (C=O) groups is 2. The molecule has 2 aliphatic rings. The van der Waals surface area contributed by atoms with Crippen molar-refractivity contribution < 1.29 is 14.0 Å². The predicted octanol–water partition coefficient (Wildman–Crippen LogP) is 3.39. The second-order valence-electron chi connectivity index (χ2n) is 6.81. The number of rotatable bonds is 3. The van der Waals surface area contributed by atoms with Gasteiger partial charge in [0, 0.05) is 23.9 Å². The van der Waals surface area contributed by atoms with E-state index in [4.69, 9.17) is 4.42 Å². The summed E-state index contributed by atoms with van der Waals surface area (Å²) in [5, 5.41) is 6.53. The highest BCUT2D eigenvalue weighted by Gasteiger charge is 2.26. The monoisotopic (exact) mass is 374 g/mol. The number of nitrogens with one attached hydrogen (secondary N) is 2. The lowest BCUT2D eigenvalue weighted by atomic mass is 9.96. The Morgan fingerprint density at radius 2 is 2.12 bits per heavy atom. The summed E-state index contributed by atoms with van der Waals surface area (Å²) in [5.74, 6) is -0.239. The van der Waals surface area contributed by atoms with Crippen LogP contribution < -0.4 is 10.6 Å². The highest BCUT2D eigenvalue weighted by molar-refractivity contribution is 7.15. The van der Waals surface area contributed by atoms with Crippen molar-refractivity contribution in [1.82, 2.24) is 15.2 Å². The van der Waals surface area contributed by atoms with Crippen molar-refractivity contribution in [3.63, 3.8) is 0 Å². The molecule has 0 radical (unpaired) electrons. The summed E-state index contributed by atoms with van der Waals surface area (Å²) < 4.78 is 4.93. The number of aromatic nitrogens is 1. The van der Waals surface area contributed by atoms with Crippen LogP contribution in [0.25, 0.3) is 0 Å². The van der Waals surface area contributed by atoms with Crippen molar-refractivity contribution in [1.29, 1.82) is 0 Å². The smallest absolute Gasteiger partial charge is 0.317 e. The van der Waals surface area contributed by atoms with Crippen LogP contribution >= 0.6 is 11.3 Å². The number of anilines is 1. The minimum atomic E-state index is -0.239. The van der Waals surface area contributed by atoms with Crippen LogP contribution in [0.4, 0.5) is 9.93 Å². The summed E-state index contributed by atoms with van der Waals surface area (Å²) in [6.45, 7) is 1.21. The van der Waals surface area contributed by atoms with E-state index in [1.54, 1.807) is 6.07 Å². The molecular weight excluding hydrogens is 352 g/mol. The number of hydrogen-bond acceptors (Lipinski definition) is 5. The lowest BCUT2D eigenvalue weighted by Crippen LogP contribution is -2.47. The minimum Gasteiger partial charge on any atom is -0.472 e. The molecule has 0 unspecified atom stereocenters. The summed E-state index contributed by atoms with van der Waals surface area (Å²) in [7, 11) is 0. The third-order valence-corrected chi connectivity index (χ3v) is 5.95. The van der Waals surface area contributed by atoms with E-state index in [-0.39, 0.29) is 11.9 Å². The normalized spacial score (nSPS) is 17.6. The van der Waals surface area contributed by atoms with Gasteiger partial charge in [-0.1, -0.05) is 30.6 Å². The Morgan fingerprint density at radius 1 is 1.27 bits per heavy atom. The molecule has 3 heterocycles. The number of urea groups is 1. The molecule has 2 aromatic rings. The van der Waals surface area contributed by atoms with Crippen molar-refractivity contribution in [2.24, 2.45) is 0 Å². The number of hydrogen-bond donors (Lipinski definition) is 2. The maximum atomic E-state index is 12.5. The van der Waals surface area contributed by atoms with Crippen molar-refractivity contribution in [3.8, 4) is 0 Å². The van der Waals surface area contributed by atoms with Crippen LogP contribution in [0.5, 0.6) is 0 Å². The van der Waals surface area contributed by atoms with Gasteiger partial charge in [0.1, 0.15) is 6.26 Å². The molecule has 1 aliphatic carbocycles. The number of furan rings is 1. The molecule has 0 atom stereocenters. The third kappa shape index (κ3) is 3.75. The third-order valence-electron chi connectivity index (χ3n) is 4.96. The van der Waals surface area contributed by atoms with Gasteiger partial charge in [-0.25, -0.2) is 9.78 Å². The van der Waals surface area contributed by atoms with Crippen LogP contribution in [0, 0.1) is 0 Å². The van der Waals surface area contributed by atoms with Gasteiger partial charge < -0.3 is 14.6 Å². The highest BCUT2D eigenvalue weighted by Crippen LogP contribution is 2.29. The van der Waals surface area contributed by atoms with Crippen molar-refractivity contribution in [3.05, 3.63) is 34.7 Å². The average molecular weight is 374 g/mol. The van der Waals surface area contributed by atoms with E-state index in [1.807, 2.05) is 4.90 Å². The lowest BCUT2D eigenvalue weighted by Gasteiger charge is -2.30. The Kier molecular flexibility index (Phi) is 4.92. The van der Waals surface area contributed by atoms with Gasteiger partial charge >= 0.3 is 6.03 Å². The Labute approximate surface area is 155 Å². The van der Waals surface area contributed by atoms with Crippen LogP contribution in [0.2, 0.25) is 0 Å². The van der Waals surface area contributed by atoms with E-state index >= 15 is 0 Å². The van der Waals surface area contributed by atoms with Crippen LogP contribution in [0.15, 0.2) is 23.0 Å². The second kappa shape index (κ2) is 7.49. The number of amides is 3. The summed E-state index contributed by atoms with van der Waals surface area (Å²) >= 11 is 1.43. The van der Waals surface area contributed by atoms with E-state index in [9.17, 15) is 9.59 Å². The van der Waals surface area contributed by atoms with Crippen molar-refractivity contribution in [2.75, 3.05) is 11.9 Å². The van der Waals surface area contributed by atoms with E-state index in [0.717, 1.165) is 23.4 Å². The van der Waals surface area contributed by atoms with E-state index < -0.39 is 0 Å². The molecular formula is C18H22N4O3S. The predicted molar refractivity (Wildman–Crippen MR) is 98.3 cm³/mol. The van der Waals surface area contributed by atoms with E-state index in [2.05, 4.69) is 15.6 Å². The molecule has 0 saturated heterocycles. The minimum absolute atomic E-state index is 0.0138. The SMILES string of the molecule is O=C(Nc1nc2c(s1)CN(C(=O)NC1CCCCC1)CC2)c1ccoc1. The quantitative estimate of drug-likeness (QED) is 0.862. The fraction of sp³-hybridized carbons (Fsp3) is 0.500. The maximum absolute atomic E-state index is 12.5. The first-order chi connectivity index (χ1) is 12.7. The van der Waals surface area contributed by atoms with Gasteiger partial charge in [0.2, 0.25) is 0 Å². The lowest BCUT2D eigenvalue weighted by molar-refractivity contribution is 0.102. The molecule has 3 amide bonds. The first-order valence-corrected chi connectivity index (χ1v) is 9.88. The molecule has 26 heavy (non-hydrogen) atoms. The van der Waals surface area contributed by atoms with Gasteiger partial charge in [0.25, 0.3) is 5.91 Å². The summed E-state index contributed by atoms with van der Waals surface area (Å²) in [4.78, 5) is 32.0. The molecule has 0 bridgehead atoms. The molecule has 1 fully saturated rings. The Hall–Kier alpha value is -2.35. The zero-order valence-electron chi connectivity index (χ0n) is 14.5. The molecule has 1 aliphatic heterocycles. The molecule has 0 spiro atoms. The molecule has 4 rings (SSSR count). The fourth-order valence-electron chi connectivity index (χ4n) is 3.50. The average Bonchev–Trinajstić information content (AvgIpc) is 3.31. The first kappa shape index (κ1) is 17.1. The topological polar surface area (TPSA) is 87.5 Å².